The minimum atomic E-state index is 0.611. The third-order valence-electron chi connectivity index (χ3n) is 8.40. The summed E-state index contributed by atoms with van der Waals surface area (Å²) in [6.45, 7) is 0. The third-order valence-corrected chi connectivity index (χ3v) is 8.40. The summed E-state index contributed by atoms with van der Waals surface area (Å²) in [5.41, 5.74) is 12.7. The minimum Gasteiger partial charge on any atom is -0.254 e. The van der Waals surface area contributed by atoms with Crippen LogP contribution in [0.25, 0.3) is 78.7 Å². The van der Waals surface area contributed by atoms with Crippen LogP contribution in [0, 0.1) is 0 Å². The monoisotopic (exact) mass is 614 g/mol. The van der Waals surface area contributed by atoms with Gasteiger partial charge in [-0.2, -0.15) is 0 Å². The van der Waals surface area contributed by atoms with Crippen molar-refractivity contribution < 1.29 is 0 Å². The molecule has 0 radical (unpaired) electrons. The number of pyridine rings is 2. The van der Waals surface area contributed by atoms with Crippen LogP contribution >= 0.6 is 0 Å². The van der Waals surface area contributed by atoms with Gasteiger partial charge in [0.2, 0.25) is 0 Å². The van der Waals surface area contributed by atoms with Gasteiger partial charge in [-0.05, 0) is 69.8 Å². The molecular weight excluding hydrogens is 585 g/mol. The summed E-state index contributed by atoms with van der Waals surface area (Å²) in [6.07, 6.45) is 3.81. The van der Waals surface area contributed by atoms with Crippen LogP contribution in [0.1, 0.15) is 0 Å². The Morgan fingerprint density at radius 2 is 0.604 bits per heavy atom. The second kappa shape index (κ2) is 13.1. The molecule has 3 aromatic heterocycles. The molecule has 0 fully saturated rings. The van der Waals surface area contributed by atoms with E-state index in [1.807, 2.05) is 79.1 Å². The van der Waals surface area contributed by atoms with Crippen molar-refractivity contribution in [3.8, 4) is 78.7 Å². The van der Waals surface area contributed by atoms with Crippen molar-refractivity contribution in [2.24, 2.45) is 0 Å². The van der Waals surface area contributed by atoms with Crippen molar-refractivity contribution in [3.63, 3.8) is 0 Å². The summed E-state index contributed by atoms with van der Waals surface area (Å²) >= 11 is 0. The van der Waals surface area contributed by atoms with Crippen LogP contribution in [0.15, 0.2) is 182 Å². The lowest BCUT2D eigenvalue weighted by atomic mass is 9.95. The molecule has 0 atom stereocenters. The van der Waals surface area contributed by atoms with Crippen molar-refractivity contribution in [2.45, 2.75) is 0 Å². The van der Waals surface area contributed by atoms with E-state index < -0.39 is 0 Å². The first-order valence-corrected chi connectivity index (χ1v) is 16.0. The fourth-order valence-electron chi connectivity index (χ4n) is 5.88. The van der Waals surface area contributed by atoms with Crippen LogP contribution in [-0.2, 0) is 0 Å². The van der Waals surface area contributed by atoms with Gasteiger partial charge < -0.3 is 0 Å². The quantitative estimate of drug-likeness (QED) is 0.179. The molecule has 0 bridgehead atoms. The molecule has 0 saturated carbocycles. The van der Waals surface area contributed by atoms with Crippen molar-refractivity contribution in [1.29, 1.82) is 0 Å². The van der Waals surface area contributed by atoms with Crippen LogP contribution in [-0.4, -0.2) is 19.9 Å². The predicted octanol–water partition coefficient (Wildman–Crippen LogP) is 10.9. The van der Waals surface area contributed by atoms with E-state index in [1.54, 1.807) is 0 Å². The zero-order chi connectivity index (χ0) is 32.1. The van der Waals surface area contributed by atoms with Gasteiger partial charge in [-0.15, -0.1) is 0 Å². The normalized spacial score (nSPS) is 10.9. The largest absolute Gasteiger partial charge is 0.254 e. The Morgan fingerprint density at radius 3 is 0.958 bits per heavy atom. The van der Waals surface area contributed by atoms with Gasteiger partial charge in [-0.3, -0.25) is 9.97 Å². The van der Waals surface area contributed by atoms with Crippen molar-refractivity contribution in [3.05, 3.63) is 182 Å². The van der Waals surface area contributed by atoms with Crippen LogP contribution in [0.5, 0.6) is 0 Å². The molecule has 4 nitrogen and oxygen atoms in total. The minimum absolute atomic E-state index is 0.611. The van der Waals surface area contributed by atoms with Gasteiger partial charge >= 0.3 is 0 Å². The lowest BCUT2D eigenvalue weighted by molar-refractivity contribution is 1.15. The molecule has 0 unspecified atom stereocenters. The maximum atomic E-state index is 5.14. The Labute approximate surface area is 280 Å². The average Bonchev–Trinajstić information content (AvgIpc) is 3.19. The number of rotatable bonds is 7. The number of hydrogen-bond donors (Lipinski definition) is 0. The highest BCUT2D eigenvalue weighted by atomic mass is 14.9. The van der Waals surface area contributed by atoms with Gasteiger partial charge in [-0.25, -0.2) is 9.97 Å². The molecule has 5 aromatic carbocycles. The Morgan fingerprint density at radius 1 is 0.250 bits per heavy atom. The molecule has 0 aliphatic rings. The molecular formula is C44H30N4. The molecule has 0 aliphatic heterocycles. The number of nitrogens with zero attached hydrogens (tertiary/aromatic N) is 4. The first kappa shape index (κ1) is 28.9. The maximum Gasteiger partial charge on any atom is 0.160 e. The Hall–Kier alpha value is -6.52. The summed E-state index contributed by atoms with van der Waals surface area (Å²) in [5.74, 6) is 0.611. The zero-order valence-electron chi connectivity index (χ0n) is 26.1. The van der Waals surface area contributed by atoms with Crippen LogP contribution in [0.3, 0.4) is 0 Å². The molecule has 8 aromatic rings. The van der Waals surface area contributed by atoms with E-state index in [-0.39, 0.29) is 0 Å². The Balaban J connectivity index is 1.28. The van der Waals surface area contributed by atoms with Crippen LogP contribution in [0.2, 0.25) is 0 Å². The Kier molecular flexibility index (Phi) is 7.87. The number of aromatic nitrogens is 4. The summed E-state index contributed by atoms with van der Waals surface area (Å²) in [5, 5.41) is 0. The van der Waals surface area contributed by atoms with E-state index in [4.69, 9.17) is 19.9 Å². The average molecular weight is 615 g/mol. The summed E-state index contributed by atoms with van der Waals surface area (Å²) in [7, 11) is 0. The molecule has 0 aliphatic carbocycles. The first-order chi connectivity index (χ1) is 23.8. The fourth-order valence-corrected chi connectivity index (χ4v) is 5.88. The van der Waals surface area contributed by atoms with Gasteiger partial charge in [0.1, 0.15) is 0 Å². The summed E-state index contributed by atoms with van der Waals surface area (Å²) < 4.78 is 0. The van der Waals surface area contributed by atoms with E-state index in [0.29, 0.717) is 5.82 Å². The molecule has 3 heterocycles. The highest BCUT2D eigenvalue weighted by molar-refractivity contribution is 5.81. The van der Waals surface area contributed by atoms with Crippen LogP contribution in [0.4, 0.5) is 0 Å². The summed E-state index contributed by atoms with van der Waals surface area (Å²) in [6, 6.07) is 58.2. The molecule has 0 N–H and O–H groups in total. The van der Waals surface area contributed by atoms with E-state index >= 15 is 0 Å². The second-order valence-corrected chi connectivity index (χ2v) is 11.6. The molecule has 0 saturated heterocycles. The highest BCUT2D eigenvalue weighted by Gasteiger charge is 2.15. The molecule has 226 valence electrons. The second-order valence-electron chi connectivity index (χ2n) is 11.6. The molecule has 0 spiro atoms. The maximum absolute atomic E-state index is 5.14. The fraction of sp³-hybridized carbons (Fsp3) is 0. The van der Waals surface area contributed by atoms with Gasteiger partial charge in [-0.1, -0.05) is 133 Å². The molecule has 4 heteroatoms. The lowest BCUT2D eigenvalue weighted by Crippen LogP contribution is -1.99. The Bertz CT molecular complexity index is 2130. The zero-order valence-corrected chi connectivity index (χ0v) is 26.1. The third kappa shape index (κ3) is 6.15. The highest BCUT2D eigenvalue weighted by Crippen LogP contribution is 2.34. The van der Waals surface area contributed by atoms with Gasteiger partial charge in [0, 0.05) is 29.1 Å². The topological polar surface area (TPSA) is 51.6 Å². The number of benzene rings is 5. The van der Waals surface area contributed by atoms with Crippen molar-refractivity contribution >= 4 is 0 Å². The van der Waals surface area contributed by atoms with Crippen molar-refractivity contribution in [1.82, 2.24) is 19.9 Å². The van der Waals surface area contributed by atoms with Gasteiger partial charge in [0.25, 0.3) is 0 Å². The summed E-state index contributed by atoms with van der Waals surface area (Å²) in [4.78, 5) is 20.0. The standard InChI is InChI=1S/C44H30N4/c1-5-13-31(14-6-1)35-21-23-40(45-29-35)42-28-43(41-24-22-36(30-46-41)32-15-7-2-8-16-32)48-44(47-42)39-26-37(33-17-9-3-10-18-33)25-38(27-39)34-19-11-4-12-20-34/h1-30H. The predicted molar refractivity (Wildman–Crippen MR) is 196 cm³/mol. The molecule has 48 heavy (non-hydrogen) atoms. The van der Waals surface area contributed by atoms with E-state index in [0.717, 1.165) is 72.8 Å². The first-order valence-electron chi connectivity index (χ1n) is 16.0. The SMILES string of the molecule is c1ccc(-c2ccc(-c3cc(-c4ccc(-c5ccccc5)cn4)nc(-c4cc(-c5ccccc5)cc(-c5ccccc5)c4)n3)nc2)cc1. The van der Waals surface area contributed by atoms with E-state index in [9.17, 15) is 0 Å². The van der Waals surface area contributed by atoms with E-state index in [1.165, 1.54) is 0 Å². The van der Waals surface area contributed by atoms with Crippen LogP contribution < -0.4 is 0 Å². The molecule has 8 rings (SSSR count). The molecule has 0 amide bonds. The number of hydrogen-bond acceptors (Lipinski definition) is 4. The van der Waals surface area contributed by atoms with Gasteiger partial charge in [0.15, 0.2) is 5.82 Å². The van der Waals surface area contributed by atoms with Crippen molar-refractivity contribution in [2.75, 3.05) is 0 Å². The van der Waals surface area contributed by atoms with Gasteiger partial charge in [0.05, 0.1) is 22.8 Å². The smallest absolute Gasteiger partial charge is 0.160 e. The lowest BCUT2D eigenvalue weighted by Gasteiger charge is -2.13. The van der Waals surface area contributed by atoms with E-state index in [2.05, 4.69) is 103 Å².